The Bertz CT molecular complexity index is 588. The molecule has 0 radical (unpaired) electrons. The molecule has 0 amide bonds. The Hall–Kier alpha value is -2.17. The van der Waals surface area contributed by atoms with Crippen molar-refractivity contribution in [3.63, 3.8) is 0 Å². The number of hydrogen-bond acceptors (Lipinski definition) is 4. The van der Waals surface area contributed by atoms with E-state index in [2.05, 4.69) is 10.1 Å². The number of benzene rings is 1. The first-order valence-electron chi connectivity index (χ1n) is 6.40. The number of ether oxygens (including phenoxy) is 1. The molecule has 0 saturated heterocycles. The van der Waals surface area contributed by atoms with Gasteiger partial charge in [-0.25, -0.2) is 0 Å². The van der Waals surface area contributed by atoms with Crippen molar-refractivity contribution < 1.29 is 9.53 Å². The monoisotopic (exact) mass is 257 g/mol. The molecule has 19 heavy (non-hydrogen) atoms. The van der Waals surface area contributed by atoms with Crippen LogP contribution in [0.1, 0.15) is 24.1 Å². The molecule has 2 aromatic rings. The van der Waals surface area contributed by atoms with E-state index >= 15 is 0 Å². The van der Waals surface area contributed by atoms with E-state index in [9.17, 15) is 4.79 Å². The van der Waals surface area contributed by atoms with Crippen LogP contribution in [0.4, 0.5) is 0 Å². The molecule has 1 fully saturated rings. The van der Waals surface area contributed by atoms with Crippen LogP contribution in [0.2, 0.25) is 0 Å². The predicted molar refractivity (Wildman–Crippen MR) is 70.0 cm³/mol. The van der Waals surface area contributed by atoms with Gasteiger partial charge >= 0.3 is 6.01 Å². The van der Waals surface area contributed by atoms with Crippen molar-refractivity contribution in [3.05, 3.63) is 30.3 Å². The van der Waals surface area contributed by atoms with Gasteiger partial charge in [0, 0.05) is 11.5 Å². The predicted octanol–water partition coefficient (Wildman–Crippen LogP) is 2.39. The maximum absolute atomic E-state index is 12.4. The van der Waals surface area contributed by atoms with E-state index < -0.39 is 0 Å². The lowest BCUT2D eigenvalue weighted by atomic mass is 9.85. The van der Waals surface area contributed by atoms with Crippen LogP contribution in [0.15, 0.2) is 30.3 Å². The first-order valence-corrected chi connectivity index (χ1v) is 6.40. The van der Waals surface area contributed by atoms with Gasteiger partial charge in [-0.2, -0.15) is 9.67 Å². The third-order valence-electron chi connectivity index (χ3n) is 3.47. The molecule has 0 N–H and O–H groups in total. The molecule has 98 valence electrons. The van der Waals surface area contributed by atoms with E-state index in [4.69, 9.17) is 4.74 Å². The lowest BCUT2D eigenvalue weighted by molar-refractivity contribution is 0.0747. The van der Waals surface area contributed by atoms with Gasteiger partial charge in [-0.3, -0.25) is 4.79 Å². The fourth-order valence-corrected chi connectivity index (χ4v) is 2.14. The zero-order chi connectivity index (χ0) is 13.2. The summed E-state index contributed by atoms with van der Waals surface area (Å²) in [7, 11) is 1.50. The Morgan fingerprint density at radius 2 is 2.05 bits per heavy atom. The average molecular weight is 257 g/mol. The summed E-state index contributed by atoms with van der Waals surface area (Å²) >= 11 is 0. The number of hydrogen-bond donors (Lipinski definition) is 0. The third kappa shape index (κ3) is 2.12. The van der Waals surface area contributed by atoms with Crippen LogP contribution in [0.3, 0.4) is 0 Å². The van der Waals surface area contributed by atoms with Gasteiger partial charge in [-0.1, -0.05) is 36.8 Å². The summed E-state index contributed by atoms with van der Waals surface area (Å²) in [5.41, 5.74) is 0.867. The minimum atomic E-state index is 0.0147. The summed E-state index contributed by atoms with van der Waals surface area (Å²) < 4.78 is 6.43. The van der Waals surface area contributed by atoms with Crippen LogP contribution in [0.25, 0.3) is 11.4 Å². The maximum atomic E-state index is 12.4. The van der Waals surface area contributed by atoms with E-state index in [1.807, 2.05) is 30.3 Å². The number of nitrogens with zero attached hydrogens (tertiary/aromatic N) is 3. The average Bonchev–Trinajstić information content (AvgIpc) is 2.82. The first kappa shape index (κ1) is 11.9. The van der Waals surface area contributed by atoms with Crippen LogP contribution in [0.5, 0.6) is 6.01 Å². The van der Waals surface area contributed by atoms with Gasteiger partial charge in [0.05, 0.1) is 7.11 Å². The van der Waals surface area contributed by atoms with Crippen molar-refractivity contribution in [2.24, 2.45) is 5.92 Å². The van der Waals surface area contributed by atoms with Gasteiger partial charge < -0.3 is 4.74 Å². The third-order valence-corrected chi connectivity index (χ3v) is 3.47. The van der Waals surface area contributed by atoms with E-state index in [1.165, 1.54) is 11.8 Å². The molecule has 0 aliphatic heterocycles. The van der Waals surface area contributed by atoms with Gasteiger partial charge in [-0.15, -0.1) is 5.10 Å². The van der Waals surface area contributed by atoms with Gasteiger partial charge in [0.15, 0.2) is 5.82 Å². The van der Waals surface area contributed by atoms with Crippen LogP contribution in [-0.4, -0.2) is 27.8 Å². The van der Waals surface area contributed by atoms with Crippen molar-refractivity contribution in [2.75, 3.05) is 7.11 Å². The molecule has 0 spiro atoms. The Balaban J connectivity index is 2.02. The first-order chi connectivity index (χ1) is 9.29. The topological polar surface area (TPSA) is 57.0 Å². The largest absolute Gasteiger partial charge is 0.466 e. The molecule has 1 aliphatic carbocycles. The molecule has 0 atom stereocenters. The molecule has 1 saturated carbocycles. The molecular weight excluding hydrogens is 242 g/mol. The number of carbonyl (C=O) groups excluding carboxylic acids is 1. The Morgan fingerprint density at radius 1 is 1.32 bits per heavy atom. The molecule has 0 bridgehead atoms. The van der Waals surface area contributed by atoms with Crippen LogP contribution in [0, 0.1) is 5.92 Å². The highest BCUT2D eigenvalue weighted by atomic mass is 16.5. The summed E-state index contributed by atoms with van der Waals surface area (Å²) in [4.78, 5) is 16.6. The van der Waals surface area contributed by atoms with Gasteiger partial charge in [-0.05, 0) is 12.8 Å². The molecule has 1 heterocycles. The second-order valence-electron chi connectivity index (χ2n) is 4.67. The second-order valence-corrected chi connectivity index (χ2v) is 4.67. The Morgan fingerprint density at radius 3 is 2.63 bits per heavy atom. The zero-order valence-corrected chi connectivity index (χ0v) is 10.7. The van der Waals surface area contributed by atoms with Crippen molar-refractivity contribution in [2.45, 2.75) is 19.3 Å². The zero-order valence-electron chi connectivity index (χ0n) is 10.7. The minimum Gasteiger partial charge on any atom is -0.466 e. The fourth-order valence-electron chi connectivity index (χ4n) is 2.14. The number of aromatic nitrogens is 3. The van der Waals surface area contributed by atoms with Crippen molar-refractivity contribution in [1.29, 1.82) is 0 Å². The normalized spacial score (nSPS) is 15.0. The SMILES string of the molecule is COc1nc(-c2ccccc2)n(C(=O)C2CCC2)n1. The summed E-state index contributed by atoms with van der Waals surface area (Å²) in [5, 5.41) is 4.14. The summed E-state index contributed by atoms with van der Waals surface area (Å²) in [6.07, 6.45) is 2.99. The van der Waals surface area contributed by atoms with Crippen LogP contribution >= 0.6 is 0 Å². The Kier molecular flexibility index (Phi) is 3.03. The molecule has 1 aromatic heterocycles. The van der Waals surface area contributed by atoms with E-state index in [0.717, 1.165) is 24.8 Å². The van der Waals surface area contributed by atoms with Gasteiger partial charge in [0.1, 0.15) is 0 Å². The smallest absolute Gasteiger partial charge is 0.336 e. The fraction of sp³-hybridized carbons (Fsp3) is 0.357. The lowest BCUT2D eigenvalue weighted by Crippen LogP contribution is -2.28. The summed E-state index contributed by atoms with van der Waals surface area (Å²) in [6.45, 7) is 0. The second kappa shape index (κ2) is 4.84. The van der Waals surface area contributed by atoms with Gasteiger partial charge in [0.2, 0.25) is 0 Å². The van der Waals surface area contributed by atoms with E-state index in [-0.39, 0.29) is 17.8 Å². The standard InChI is InChI=1S/C14H15N3O2/c1-19-14-15-12(10-6-3-2-4-7-10)17(16-14)13(18)11-8-5-9-11/h2-4,6-7,11H,5,8-9H2,1H3. The summed E-state index contributed by atoms with van der Waals surface area (Å²) in [6, 6.07) is 9.80. The lowest BCUT2D eigenvalue weighted by Gasteiger charge is -2.23. The highest BCUT2D eigenvalue weighted by Gasteiger charge is 2.30. The molecule has 0 unspecified atom stereocenters. The molecule has 1 aromatic carbocycles. The molecule has 5 heteroatoms. The minimum absolute atomic E-state index is 0.0147. The highest BCUT2D eigenvalue weighted by molar-refractivity contribution is 5.84. The van der Waals surface area contributed by atoms with Gasteiger partial charge in [0.25, 0.3) is 5.91 Å². The summed E-state index contributed by atoms with van der Waals surface area (Å²) in [5.74, 6) is 0.643. The molecule has 3 rings (SSSR count). The van der Waals surface area contributed by atoms with Crippen molar-refractivity contribution >= 4 is 5.91 Å². The van der Waals surface area contributed by atoms with E-state index in [1.54, 1.807) is 0 Å². The highest BCUT2D eigenvalue weighted by Crippen LogP contribution is 2.30. The van der Waals surface area contributed by atoms with Crippen molar-refractivity contribution in [3.8, 4) is 17.4 Å². The van der Waals surface area contributed by atoms with Crippen molar-refractivity contribution in [1.82, 2.24) is 14.8 Å². The number of carbonyl (C=O) groups is 1. The number of methoxy groups -OCH3 is 1. The maximum Gasteiger partial charge on any atom is 0.336 e. The number of rotatable bonds is 3. The Labute approximate surface area is 111 Å². The van der Waals surface area contributed by atoms with Crippen LogP contribution in [-0.2, 0) is 0 Å². The van der Waals surface area contributed by atoms with Crippen LogP contribution < -0.4 is 4.74 Å². The molecule has 1 aliphatic rings. The quantitative estimate of drug-likeness (QED) is 0.847. The molecular formula is C14H15N3O2. The van der Waals surface area contributed by atoms with E-state index in [0.29, 0.717) is 5.82 Å². The molecule has 5 nitrogen and oxygen atoms in total.